The van der Waals surface area contributed by atoms with Crippen molar-refractivity contribution in [1.82, 2.24) is 0 Å². The van der Waals surface area contributed by atoms with Crippen LogP contribution in [-0.2, 0) is 9.53 Å². The molecule has 0 fully saturated rings. The van der Waals surface area contributed by atoms with Gasteiger partial charge in [0, 0.05) is 0 Å². The Labute approximate surface area is 104 Å². The number of methoxy groups -OCH3 is 1. The number of anilines is 1. The third kappa shape index (κ3) is 3.44. The van der Waals surface area contributed by atoms with Crippen molar-refractivity contribution in [2.45, 2.75) is 13.0 Å². The third-order valence-electron chi connectivity index (χ3n) is 2.06. The number of carbonyl (C=O) groups excluding carboxylic acids is 2. The Hall–Kier alpha value is -1.59. The topological polar surface area (TPSA) is 81.4 Å². The average molecular weight is 257 g/mol. The minimum absolute atomic E-state index is 0.303. The summed E-state index contributed by atoms with van der Waals surface area (Å²) < 4.78 is 4.56. The number of esters is 1. The zero-order chi connectivity index (χ0) is 13.0. The van der Waals surface area contributed by atoms with Crippen LogP contribution in [0.15, 0.2) is 18.2 Å². The Morgan fingerprint density at radius 1 is 1.47 bits per heavy atom. The molecular formula is C11H13ClN2O3. The van der Waals surface area contributed by atoms with Crippen molar-refractivity contribution < 1.29 is 14.3 Å². The average Bonchev–Trinajstić information content (AvgIpc) is 2.30. The van der Waals surface area contributed by atoms with Gasteiger partial charge in [-0.15, -0.1) is 0 Å². The first-order valence-electron chi connectivity index (χ1n) is 4.90. The molecule has 0 heterocycles. The summed E-state index contributed by atoms with van der Waals surface area (Å²) in [6.45, 7) is 1.55. The van der Waals surface area contributed by atoms with Crippen molar-refractivity contribution in [2.24, 2.45) is 5.73 Å². The van der Waals surface area contributed by atoms with E-state index in [-0.39, 0.29) is 5.91 Å². The molecule has 6 heteroatoms. The monoisotopic (exact) mass is 256 g/mol. The van der Waals surface area contributed by atoms with Crippen LogP contribution >= 0.6 is 11.6 Å². The van der Waals surface area contributed by atoms with Crippen molar-refractivity contribution in [3.05, 3.63) is 28.8 Å². The van der Waals surface area contributed by atoms with Crippen molar-refractivity contribution >= 4 is 29.2 Å². The van der Waals surface area contributed by atoms with Gasteiger partial charge in [0.25, 0.3) is 0 Å². The second-order valence-corrected chi connectivity index (χ2v) is 3.87. The Balaban J connectivity index is 2.99. The molecular weight excluding hydrogens is 244 g/mol. The summed E-state index contributed by atoms with van der Waals surface area (Å²) in [4.78, 5) is 22.7. The summed E-state index contributed by atoms with van der Waals surface area (Å²) in [5.74, 6) is -0.883. The molecule has 0 saturated heterocycles. The van der Waals surface area contributed by atoms with Crippen LogP contribution in [0.25, 0.3) is 0 Å². The quantitative estimate of drug-likeness (QED) is 0.802. The molecule has 17 heavy (non-hydrogen) atoms. The van der Waals surface area contributed by atoms with E-state index >= 15 is 0 Å². The van der Waals surface area contributed by atoms with Crippen LogP contribution < -0.4 is 11.1 Å². The number of hydrogen-bond donors (Lipinski definition) is 2. The molecule has 0 bridgehead atoms. The molecule has 5 nitrogen and oxygen atoms in total. The highest BCUT2D eigenvalue weighted by atomic mass is 35.5. The molecule has 0 radical (unpaired) electrons. The molecule has 92 valence electrons. The molecule has 3 N–H and O–H groups in total. The minimum atomic E-state index is -0.659. The second-order valence-electron chi connectivity index (χ2n) is 3.46. The lowest BCUT2D eigenvalue weighted by Crippen LogP contribution is -2.32. The molecule has 1 aromatic carbocycles. The Bertz CT molecular complexity index is 446. The van der Waals surface area contributed by atoms with Gasteiger partial charge in [-0.2, -0.15) is 0 Å². The van der Waals surface area contributed by atoms with Gasteiger partial charge < -0.3 is 15.8 Å². The number of nitrogens with one attached hydrogen (secondary N) is 1. The van der Waals surface area contributed by atoms with Crippen molar-refractivity contribution in [2.75, 3.05) is 12.4 Å². The standard InChI is InChI=1S/C11H13ClN2O3/c1-6(13)10(15)14-9-5-7(11(16)17-2)3-4-8(9)12/h3-6H,13H2,1-2H3,(H,14,15)/t6-/m1/s1. The maximum absolute atomic E-state index is 11.4. The summed E-state index contributed by atoms with van der Waals surface area (Å²) in [6.07, 6.45) is 0. The molecule has 0 aliphatic carbocycles. The lowest BCUT2D eigenvalue weighted by Gasteiger charge is -2.10. The first kappa shape index (κ1) is 13.5. The molecule has 1 aromatic rings. The SMILES string of the molecule is COC(=O)c1ccc(Cl)c(NC(=O)[C@@H](C)N)c1. The number of carbonyl (C=O) groups is 2. The van der Waals surface area contributed by atoms with Gasteiger partial charge in [-0.3, -0.25) is 4.79 Å². The van der Waals surface area contributed by atoms with E-state index in [4.69, 9.17) is 17.3 Å². The van der Waals surface area contributed by atoms with Crippen LogP contribution in [0.1, 0.15) is 17.3 Å². The van der Waals surface area contributed by atoms with Crippen LogP contribution in [-0.4, -0.2) is 25.0 Å². The summed E-state index contributed by atoms with van der Waals surface area (Å²) in [6, 6.07) is 3.79. The van der Waals surface area contributed by atoms with Gasteiger partial charge in [-0.1, -0.05) is 11.6 Å². The van der Waals surface area contributed by atoms with E-state index < -0.39 is 12.0 Å². The van der Waals surface area contributed by atoms with Crippen molar-refractivity contribution in [3.63, 3.8) is 0 Å². The van der Waals surface area contributed by atoms with Gasteiger partial charge in [0.15, 0.2) is 0 Å². The molecule has 0 unspecified atom stereocenters. The predicted octanol–water partition coefficient (Wildman–Crippen LogP) is 1.41. The maximum atomic E-state index is 11.4. The third-order valence-corrected chi connectivity index (χ3v) is 2.39. The predicted molar refractivity (Wildman–Crippen MR) is 65.1 cm³/mol. The lowest BCUT2D eigenvalue weighted by molar-refractivity contribution is -0.117. The van der Waals surface area contributed by atoms with E-state index in [9.17, 15) is 9.59 Å². The van der Waals surface area contributed by atoms with Gasteiger partial charge in [-0.25, -0.2) is 4.79 Å². The Morgan fingerprint density at radius 2 is 2.12 bits per heavy atom. The number of rotatable bonds is 3. The Kier molecular flexibility index (Phi) is 4.48. The fourth-order valence-electron chi connectivity index (χ4n) is 1.11. The van der Waals surface area contributed by atoms with E-state index in [1.54, 1.807) is 6.92 Å². The number of amides is 1. The van der Waals surface area contributed by atoms with E-state index in [0.29, 0.717) is 16.3 Å². The number of halogens is 1. The maximum Gasteiger partial charge on any atom is 0.337 e. The number of hydrogen-bond acceptors (Lipinski definition) is 4. The Morgan fingerprint density at radius 3 is 2.65 bits per heavy atom. The summed E-state index contributed by atoms with van der Waals surface area (Å²) in [5, 5.41) is 2.85. The summed E-state index contributed by atoms with van der Waals surface area (Å²) in [7, 11) is 1.27. The zero-order valence-electron chi connectivity index (χ0n) is 9.49. The van der Waals surface area contributed by atoms with Crippen LogP contribution in [0, 0.1) is 0 Å². The van der Waals surface area contributed by atoms with Crippen LogP contribution in [0.4, 0.5) is 5.69 Å². The van der Waals surface area contributed by atoms with Crippen molar-refractivity contribution in [1.29, 1.82) is 0 Å². The molecule has 1 rings (SSSR count). The van der Waals surface area contributed by atoms with Crippen LogP contribution in [0.2, 0.25) is 5.02 Å². The number of benzene rings is 1. The largest absolute Gasteiger partial charge is 0.465 e. The highest BCUT2D eigenvalue weighted by Crippen LogP contribution is 2.23. The first-order chi connectivity index (χ1) is 7.95. The minimum Gasteiger partial charge on any atom is -0.465 e. The van der Waals surface area contributed by atoms with Crippen LogP contribution in [0.5, 0.6) is 0 Å². The number of ether oxygens (including phenoxy) is 1. The van der Waals surface area contributed by atoms with E-state index in [2.05, 4.69) is 10.1 Å². The molecule has 0 aliphatic rings. The lowest BCUT2D eigenvalue weighted by atomic mass is 10.2. The van der Waals surface area contributed by atoms with Gasteiger partial charge in [0.2, 0.25) is 5.91 Å². The summed E-state index contributed by atoms with van der Waals surface area (Å²) >= 11 is 5.89. The molecule has 1 amide bonds. The molecule has 0 spiro atoms. The van der Waals surface area contributed by atoms with Gasteiger partial charge in [0.1, 0.15) is 0 Å². The van der Waals surface area contributed by atoms with E-state index in [1.807, 2.05) is 0 Å². The zero-order valence-corrected chi connectivity index (χ0v) is 10.2. The smallest absolute Gasteiger partial charge is 0.337 e. The summed E-state index contributed by atoms with van der Waals surface area (Å²) in [5.41, 5.74) is 6.04. The fourth-order valence-corrected chi connectivity index (χ4v) is 1.28. The van der Waals surface area contributed by atoms with Crippen LogP contribution in [0.3, 0.4) is 0 Å². The molecule has 1 atom stereocenters. The highest BCUT2D eigenvalue weighted by molar-refractivity contribution is 6.33. The highest BCUT2D eigenvalue weighted by Gasteiger charge is 2.13. The fraction of sp³-hybridized carbons (Fsp3) is 0.273. The molecule has 0 saturated carbocycles. The second kappa shape index (κ2) is 5.65. The molecule has 0 aromatic heterocycles. The van der Waals surface area contributed by atoms with E-state index in [1.165, 1.54) is 25.3 Å². The van der Waals surface area contributed by atoms with Gasteiger partial charge in [0.05, 0.1) is 29.4 Å². The van der Waals surface area contributed by atoms with Crippen molar-refractivity contribution in [3.8, 4) is 0 Å². The first-order valence-corrected chi connectivity index (χ1v) is 5.27. The number of nitrogens with two attached hydrogens (primary N) is 1. The van der Waals surface area contributed by atoms with Gasteiger partial charge >= 0.3 is 5.97 Å². The van der Waals surface area contributed by atoms with E-state index in [0.717, 1.165) is 0 Å². The normalized spacial score (nSPS) is 11.8. The van der Waals surface area contributed by atoms with Gasteiger partial charge in [-0.05, 0) is 25.1 Å². The molecule has 0 aliphatic heterocycles.